The number of halogens is 1. The normalized spacial score (nSPS) is 10.2. The highest BCUT2D eigenvalue weighted by Gasteiger charge is 2.10. The summed E-state index contributed by atoms with van der Waals surface area (Å²) < 4.78 is 6.01. The van der Waals surface area contributed by atoms with Crippen LogP contribution in [0.5, 0.6) is 0 Å². The van der Waals surface area contributed by atoms with Crippen LogP contribution in [0, 0.1) is 11.3 Å². The molecule has 0 saturated carbocycles. The van der Waals surface area contributed by atoms with E-state index < -0.39 is 0 Å². The number of nitrogens with zero attached hydrogens (tertiary/aromatic N) is 1. The molecule has 0 bridgehead atoms. The van der Waals surface area contributed by atoms with E-state index in [-0.39, 0.29) is 0 Å². The molecule has 0 aliphatic heterocycles. The van der Waals surface area contributed by atoms with Crippen molar-refractivity contribution in [3.05, 3.63) is 28.4 Å². The van der Waals surface area contributed by atoms with E-state index >= 15 is 0 Å². The van der Waals surface area contributed by atoms with Crippen LogP contribution < -0.4 is 5.73 Å². The quantitative estimate of drug-likeness (QED) is 0.716. The summed E-state index contributed by atoms with van der Waals surface area (Å²) in [5.41, 5.74) is 7.00. The Kier molecular flexibility index (Phi) is 1.74. The molecule has 2 rings (SSSR count). The molecule has 0 aliphatic rings. The highest BCUT2D eigenvalue weighted by atomic mass is 79.9. The van der Waals surface area contributed by atoms with Gasteiger partial charge in [0.05, 0.1) is 12.0 Å². The van der Waals surface area contributed by atoms with E-state index in [0.29, 0.717) is 16.8 Å². The lowest BCUT2D eigenvalue weighted by molar-refractivity contribution is 0.615. The molecule has 0 radical (unpaired) electrons. The second-order valence-corrected chi connectivity index (χ2v) is 3.45. The molecule has 13 heavy (non-hydrogen) atoms. The number of fused-ring (bicyclic) bond motifs is 1. The van der Waals surface area contributed by atoms with E-state index in [1.54, 1.807) is 12.1 Å². The average Bonchev–Trinajstić information content (AvgIpc) is 2.53. The van der Waals surface area contributed by atoms with E-state index in [2.05, 4.69) is 15.9 Å². The highest BCUT2D eigenvalue weighted by molar-refractivity contribution is 9.10. The SMILES string of the molecule is N#Cc1c(N)cc(Br)c2ccoc12. The number of hydrogen-bond acceptors (Lipinski definition) is 3. The van der Waals surface area contributed by atoms with E-state index in [0.717, 1.165) is 9.86 Å². The fourth-order valence-electron chi connectivity index (χ4n) is 1.22. The van der Waals surface area contributed by atoms with Crippen molar-refractivity contribution < 1.29 is 4.42 Å². The lowest BCUT2D eigenvalue weighted by atomic mass is 10.1. The van der Waals surface area contributed by atoms with Gasteiger partial charge in [-0.05, 0) is 28.1 Å². The minimum Gasteiger partial charge on any atom is -0.463 e. The van der Waals surface area contributed by atoms with E-state index in [1.165, 1.54) is 6.26 Å². The summed E-state index contributed by atoms with van der Waals surface area (Å²) in [6.45, 7) is 0. The van der Waals surface area contributed by atoms with Gasteiger partial charge in [0, 0.05) is 9.86 Å². The zero-order valence-electron chi connectivity index (χ0n) is 6.54. The second kappa shape index (κ2) is 2.79. The number of furan rings is 1. The Labute approximate surface area is 82.9 Å². The topological polar surface area (TPSA) is 63.0 Å². The minimum atomic E-state index is 0.392. The molecule has 1 aromatic carbocycles. The van der Waals surface area contributed by atoms with Gasteiger partial charge < -0.3 is 10.2 Å². The maximum Gasteiger partial charge on any atom is 0.154 e. The molecule has 2 aromatic rings. The van der Waals surface area contributed by atoms with Gasteiger partial charge in [-0.1, -0.05) is 0 Å². The van der Waals surface area contributed by atoms with E-state index in [9.17, 15) is 0 Å². The van der Waals surface area contributed by atoms with Crippen LogP contribution >= 0.6 is 15.9 Å². The molecule has 3 nitrogen and oxygen atoms in total. The summed E-state index contributed by atoms with van der Waals surface area (Å²) in [4.78, 5) is 0. The number of nitrogens with two attached hydrogens (primary N) is 1. The third-order valence-corrected chi connectivity index (χ3v) is 2.49. The highest BCUT2D eigenvalue weighted by Crippen LogP contribution is 2.31. The first-order valence-electron chi connectivity index (χ1n) is 3.59. The number of hydrogen-bond donors (Lipinski definition) is 1. The van der Waals surface area contributed by atoms with Crippen molar-refractivity contribution in [2.75, 3.05) is 5.73 Å². The first-order valence-corrected chi connectivity index (χ1v) is 4.38. The Hall–Kier alpha value is -1.47. The molecule has 0 atom stereocenters. The number of rotatable bonds is 0. The van der Waals surface area contributed by atoms with Crippen molar-refractivity contribution in [1.29, 1.82) is 5.26 Å². The van der Waals surface area contributed by atoms with Gasteiger partial charge in [-0.15, -0.1) is 0 Å². The number of benzene rings is 1. The van der Waals surface area contributed by atoms with Gasteiger partial charge in [0.25, 0.3) is 0 Å². The van der Waals surface area contributed by atoms with Crippen LogP contribution in [0.25, 0.3) is 11.0 Å². The monoisotopic (exact) mass is 236 g/mol. The molecule has 64 valence electrons. The summed E-state index contributed by atoms with van der Waals surface area (Å²) >= 11 is 3.34. The molecule has 1 heterocycles. The van der Waals surface area contributed by atoms with Crippen LogP contribution in [-0.4, -0.2) is 0 Å². The lowest BCUT2D eigenvalue weighted by Gasteiger charge is -1.99. The fraction of sp³-hybridized carbons (Fsp3) is 0. The first kappa shape index (κ1) is 8.14. The molecule has 1 aromatic heterocycles. The van der Waals surface area contributed by atoms with Crippen molar-refractivity contribution in [1.82, 2.24) is 0 Å². The predicted octanol–water partition coefficient (Wildman–Crippen LogP) is 2.65. The lowest BCUT2D eigenvalue weighted by Crippen LogP contribution is -1.90. The van der Waals surface area contributed by atoms with Crippen LogP contribution in [0.4, 0.5) is 5.69 Å². The smallest absolute Gasteiger partial charge is 0.154 e. The molecular formula is C9H5BrN2O. The Morgan fingerprint density at radius 2 is 2.31 bits per heavy atom. The Morgan fingerprint density at radius 1 is 1.54 bits per heavy atom. The van der Waals surface area contributed by atoms with Crippen molar-refractivity contribution in [2.45, 2.75) is 0 Å². The summed E-state index contributed by atoms with van der Waals surface area (Å²) in [5.74, 6) is 0. The van der Waals surface area contributed by atoms with Gasteiger partial charge in [0.15, 0.2) is 5.58 Å². The summed E-state index contributed by atoms with van der Waals surface area (Å²) in [6.07, 6.45) is 1.54. The second-order valence-electron chi connectivity index (χ2n) is 2.60. The predicted molar refractivity (Wildman–Crippen MR) is 53.0 cm³/mol. The average molecular weight is 237 g/mol. The van der Waals surface area contributed by atoms with Crippen LogP contribution in [0.15, 0.2) is 27.3 Å². The maximum atomic E-state index is 8.82. The van der Waals surface area contributed by atoms with Gasteiger partial charge in [0.1, 0.15) is 11.6 Å². The summed E-state index contributed by atoms with van der Waals surface area (Å²) in [6, 6.07) is 5.51. The van der Waals surface area contributed by atoms with Crippen LogP contribution in [0.3, 0.4) is 0 Å². The molecule has 0 aliphatic carbocycles. The maximum absolute atomic E-state index is 8.82. The van der Waals surface area contributed by atoms with Gasteiger partial charge in [-0.3, -0.25) is 0 Å². The van der Waals surface area contributed by atoms with E-state index in [4.69, 9.17) is 15.4 Å². The van der Waals surface area contributed by atoms with Crippen molar-refractivity contribution in [3.8, 4) is 6.07 Å². The van der Waals surface area contributed by atoms with Crippen molar-refractivity contribution in [2.24, 2.45) is 0 Å². The van der Waals surface area contributed by atoms with Crippen LogP contribution in [0.1, 0.15) is 5.56 Å². The molecule has 4 heteroatoms. The Morgan fingerprint density at radius 3 is 3.00 bits per heavy atom. The third kappa shape index (κ3) is 1.09. The molecule has 0 spiro atoms. The van der Waals surface area contributed by atoms with Gasteiger partial charge >= 0.3 is 0 Å². The van der Waals surface area contributed by atoms with Crippen molar-refractivity contribution >= 4 is 32.6 Å². The number of nitrogen functional groups attached to an aromatic ring is 1. The standard InChI is InChI=1S/C9H5BrN2O/c10-7-3-8(12)6(4-11)9-5(7)1-2-13-9/h1-3H,12H2. The number of anilines is 1. The van der Waals surface area contributed by atoms with Gasteiger partial charge in [0.2, 0.25) is 0 Å². The Bertz CT molecular complexity index is 510. The number of nitriles is 1. The zero-order chi connectivity index (χ0) is 9.42. The third-order valence-electron chi connectivity index (χ3n) is 1.83. The molecule has 0 fully saturated rings. The molecular weight excluding hydrogens is 232 g/mol. The largest absolute Gasteiger partial charge is 0.463 e. The molecule has 2 N–H and O–H groups in total. The minimum absolute atomic E-state index is 0.392. The van der Waals surface area contributed by atoms with Gasteiger partial charge in [-0.2, -0.15) is 5.26 Å². The Balaban J connectivity index is 2.99. The zero-order valence-corrected chi connectivity index (χ0v) is 8.13. The summed E-state index contributed by atoms with van der Waals surface area (Å²) in [7, 11) is 0. The van der Waals surface area contributed by atoms with Crippen LogP contribution in [0.2, 0.25) is 0 Å². The molecule has 0 unspecified atom stereocenters. The van der Waals surface area contributed by atoms with Crippen molar-refractivity contribution in [3.63, 3.8) is 0 Å². The van der Waals surface area contributed by atoms with Crippen LogP contribution in [-0.2, 0) is 0 Å². The van der Waals surface area contributed by atoms with E-state index in [1.807, 2.05) is 6.07 Å². The fourth-order valence-corrected chi connectivity index (χ4v) is 1.78. The van der Waals surface area contributed by atoms with Gasteiger partial charge in [-0.25, -0.2) is 0 Å². The summed E-state index contributed by atoms with van der Waals surface area (Å²) in [5, 5.41) is 9.69. The molecule has 0 saturated heterocycles. The first-order chi connectivity index (χ1) is 6.24. The molecule has 0 amide bonds.